The van der Waals surface area contributed by atoms with E-state index in [1.165, 1.54) is 12.1 Å². The maximum atomic E-state index is 10.5. The largest absolute Gasteiger partial charge is 0.382 e. The molecule has 0 spiro atoms. The number of nitrogens with two attached hydrogens (primary N) is 1. The van der Waals surface area contributed by atoms with E-state index in [9.17, 15) is 10.1 Å². The van der Waals surface area contributed by atoms with Gasteiger partial charge in [0.25, 0.3) is 0 Å². The van der Waals surface area contributed by atoms with Crippen LogP contribution in [0.3, 0.4) is 0 Å². The lowest BCUT2D eigenvalue weighted by Crippen LogP contribution is -2.13. The highest BCUT2D eigenvalue weighted by molar-refractivity contribution is 5.57. The lowest BCUT2D eigenvalue weighted by molar-refractivity contribution is -0.384. The molecule has 0 unspecified atom stereocenters. The third-order valence-corrected chi connectivity index (χ3v) is 2.08. The first-order chi connectivity index (χ1) is 8.65. The van der Waals surface area contributed by atoms with Gasteiger partial charge in [-0.25, -0.2) is 4.98 Å². The van der Waals surface area contributed by atoms with Crippen molar-refractivity contribution < 1.29 is 14.4 Å². The van der Waals surface area contributed by atoms with Crippen molar-refractivity contribution in [1.29, 1.82) is 0 Å². The van der Waals surface area contributed by atoms with Crippen molar-refractivity contribution in [3.8, 4) is 0 Å². The fraction of sp³-hybridized carbons (Fsp3) is 0.500. The first-order valence-corrected chi connectivity index (χ1v) is 5.36. The standard InChI is InChI=1S/C10H16N4O4/c1-17-6-7-18-5-4-12-9-3-2-8(14(15)16)10(11)13-9/h2-3H,4-7H2,1H3,(H3,11,12,13). The van der Waals surface area contributed by atoms with E-state index in [2.05, 4.69) is 10.3 Å². The summed E-state index contributed by atoms with van der Waals surface area (Å²) in [5.74, 6) is 0.374. The second kappa shape index (κ2) is 7.41. The van der Waals surface area contributed by atoms with E-state index in [-0.39, 0.29) is 11.5 Å². The molecule has 0 amide bonds. The van der Waals surface area contributed by atoms with Gasteiger partial charge in [0, 0.05) is 19.7 Å². The van der Waals surface area contributed by atoms with Crippen LogP contribution in [-0.4, -0.2) is 43.4 Å². The lowest BCUT2D eigenvalue weighted by atomic mass is 10.4. The zero-order valence-electron chi connectivity index (χ0n) is 10.1. The van der Waals surface area contributed by atoms with E-state index < -0.39 is 4.92 Å². The van der Waals surface area contributed by atoms with Gasteiger partial charge in [-0.3, -0.25) is 10.1 Å². The summed E-state index contributed by atoms with van der Waals surface area (Å²) in [5.41, 5.74) is 5.25. The molecule has 1 aromatic heterocycles. The molecule has 0 atom stereocenters. The van der Waals surface area contributed by atoms with Crippen molar-refractivity contribution in [2.75, 3.05) is 44.5 Å². The number of hydrogen-bond donors (Lipinski definition) is 2. The predicted molar refractivity (Wildman–Crippen MR) is 66.5 cm³/mol. The molecule has 0 radical (unpaired) electrons. The summed E-state index contributed by atoms with van der Waals surface area (Å²) in [6.45, 7) is 2.09. The molecule has 0 aromatic carbocycles. The highest BCUT2D eigenvalue weighted by Gasteiger charge is 2.12. The zero-order chi connectivity index (χ0) is 13.4. The highest BCUT2D eigenvalue weighted by Crippen LogP contribution is 2.20. The van der Waals surface area contributed by atoms with Gasteiger partial charge in [0.1, 0.15) is 5.82 Å². The topological polar surface area (TPSA) is 113 Å². The molecule has 18 heavy (non-hydrogen) atoms. The molecule has 100 valence electrons. The number of pyridine rings is 1. The maximum Gasteiger partial charge on any atom is 0.311 e. The Hall–Kier alpha value is -1.93. The minimum atomic E-state index is -0.569. The number of hydrogen-bond acceptors (Lipinski definition) is 7. The molecule has 0 saturated carbocycles. The first kappa shape index (κ1) is 14.1. The number of methoxy groups -OCH3 is 1. The van der Waals surface area contributed by atoms with E-state index in [1.54, 1.807) is 7.11 Å². The minimum Gasteiger partial charge on any atom is -0.382 e. The maximum absolute atomic E-state index is 10.5. The van der Waals surface area contributed by atoms with Crippen LogP contribution in [0.15, 0.2) is 12.1 Å². The third-order valence-electron chi connectivity index (χ3n) is 2.08. The van der Waals surface area contributed by atoms with Crippen LogP contribution in [0.5, 0.6) is 0 Å². The Morgan fingerprint density at radius 2 is 2.22 bits per heavy atom. The molecule has 0 fully saturated rings. The predicted octanol–water partition coefficient (Wildman–Crippen LogP) is 0.647. The molecule has 1 heterocycles. The Labute approximate surface area is 104 Å². The monoisotopic (exact) mass is 256 g/mol. The molecule has 1 rings (SSSR count). The Bertz CT molecular complexity index is 399. The van der Waals surface area contributed by atoms with Crippen LogP contribution in [0.25, 0.3) is 0 Å². The Morgan fingerprint density at radius 1 is 1.44 bits per heavy atom. The van der Waals surface area contributed by atoms with Crippen molar-refractivity contribution in [2.24, 2.45) is 0 Å². The molecular formula is C10H16N4O4. The number of aromatic nitrogens is 1. The smallest absolute Gasteiger partial charge is 0.311 e. The van der Waals surface area contributed by atoms with E-state index in [1.807, 2.05) is 0 Å². The Morgan fingerprint density at radius 3 is 2.83 bits per heavy atom. The molecule has 0 aliphatic carbocycles. The highest BCUT2D eigenvalue weighted by atomic mass is 16.6. The number of nitrogens with zero attached hydrogens (tertiary/aromatic N) is 2. The van der Waals surface area contributed by atoms with Crippen molar-refractivity contribution in [2.45, 2.75) is 0 Å². The normalized spacial score (nSPS) is 10.3. The van der Waals surface area contributed by atoms with Crippen LogP contribution in [0.4, 0.5) is 17.3 Å². The molecule has 0 aliphatic rings. The molecular weight excluding hydrogens is 240 g/mol. The summed E-state index contributed by atoms with van der Waals surface area (Å²) in [6, 6.07) is 2.82. The van der Waals surface area contributed by atoms with Crippen molar-refractivity contribution >= 4 is 17.3 Å². The van der Waals surface area contributed by atoms with Crippen molar-refractivity contribution in [3.05, 3.63) is 22.2 Å². The van der Waals surface area contributed by atoms with E-state index in [0.29, 0.717) is 32.2 Å². The summed E-state index contributed by atoms with van der Waals surface area (Å²) in [7, 11) is 1.60. The number of nitrogen functional groups attached to an aromatic ring is 1. The second-order valence-corrected chi connectivity index (χ2v) is 3.39. The fourth-order valence-corrected chi connectivity index (χ4v) is 1.22. The van der Waals surface area contributed by atoms with Crippen molar-refractivity contribution in [3.63, 3.8) is 0 Å². The number of anilines is 2. The van der Waals surface area contributed by atoms with Gasteiger partial charge in [-0.1, -0.05) is 0 Å². The van der Waals surface area contributed by atoms with Gasteiger partial charge in [-0.05, 0) is 6.07 Å². The SMILES string of the molecule is COCCOCCNc1ccc([N+](=O)[O-])c(N)n1. The van der Waals surface area contributed by atoms with Gasteiger partial charge in [0.2, 0.25) is 5.82 Å². The first-order valence-electron chi connectivity index (χ1n) is 5.36. The van der Waals surface area contributed by atoms with E-state index >= 15 is 0 Å². The summed E-state index contributed by atoms with van der Waals surface area (Å²) in [5, 5.41) is 13.5. The quantitative estimate of drug-likeness (QED) is 0.399. The van der Waals surface area contributed by atoms with E-state index in [0.717, 1.165) is 0 Å². The van der Waals surface area contributed by atoms with Crippen LogP contribution in [0.1, 0.15) is 0 Å². The third kappa shape index (κ3) is 4.52. The number of nitrogens with one attached hydrogen (secondary N) is 1. The number of rotatable bonds is 8. The summed E-state index contributed by atoms with van der Waals surface area (Å²) in [6.07, 6.45) is 0. The van der Waals surface area contributed by atoms with Crippen LogP contribution in [0, 0.1) is 10.1 Å². The van der Waals surface area contributed by atoms with Crippen LogP contribution < -0.4 is 11.1 Å². The number of ether oxygens (including phenoxy) is 2. The van der Waals surface area contributed by atoms with Crippen LogP contribution in [0.2, 0.25) is 0 Å². The van der Waals surface area contributed by atoms with Gasteiger partial charge in [-0.15, -0.1) is 0 Å². The van der Waals surface area contributed by atoms with E-state index in [4.69, 9.17) is 15.2 Å². The van der Waals surface area contributed by atoms with Crippen molar-refractivity contribution in [1.82, 2.24) is 4.98 Å². The molecule has 0 bridgehead atoms. The molecule has 0 aliphatic heterocycles. The van der Waals surface area contributed by atoms with Gasteiger partial charge in [-0.2, -0.15) is 0 Å². The van der Waals surface area contributed by atoms with Gasteiger partial charge >= 0.3 is 5.69 Å². The van der Waals surface area contributed by atoms with Crippen LogP contribution >= 0.6 is 0 Å². The van der Waals surface area contributed by atoms with Gasteiger partial charge < -0.3 is 20.5 Å². The second-order valence-electron chi connectivity index (χ2n) is 3.39. The molecule has 1 aromatic rings. The van der Waals surface area contributed by atoms with Gasteiger partial charge in [0.15, 0.2) is 0 Å². The number of nitro groups is 1. The summed E-state index contributed by atoms with van der Waals surface area (Å²) in [4.78, 5) is 13.8. The average molecular weight is 256 g/mol. The minimum absolute atomic E-state index is 0.106. The van der Waals surface area contributed by atoms with Crippen LogP contribution in [-0.2, 0) is 9.47 Å². The summed E-state index contributed by atoms with van der Waals surface area (Å²) >= 11 is 0. The molecule has 8 heteroatoms. The molecule has 3 N–H and O–H groups in total. The Kier molecular flexibility index (Phi) is 5.81. The fourth-order valence-electron chi connectivity index (χ4n) is 1.22. The summed E-state index contributed by atoms with van der Waals surface area (Å²) < 4.78 is 10.1. The average Bonchev–Trinajstić information content (AvgIpc) is 2.33. The zero-order valence-corrected chi connectivity index (χ0v) is 10.1. The van der Waals surface area contributed by atoms with Gasteiger partial charge in [0.05, 0.1) is 24.7 Å². The Balaban J connectivity index is 2.35. The molecule has 0 saturated heterocycles. The lowest BCUT2D eigenvalue weighted by Gasteiger charge is -2.07. The molecule has 8 nitrogen and oxygen atoms in total.